The van der Waals surface area contributed by atoms with Crippen molar-refractivity contribution in [3.63, 3.8) is 0 Å². The van der Waals surface area contributed by atoms with Crippen LogP contribution in [0.5, 0.6) is 0 Å². The molecule has 15 heavy (non-hydrogen) atoms. The Kier molecular flexibility index (Phi) is 2.15. The van der Waals surface area contributed by atoms with E-state index in [0.717, 1.165) is 5.82 Å². The quantitative estimate of drug-likeness (QED) is 0.721. The van der Waals surface area contributed by atoms with Crippen LogP contribution in [-0.2, 0) is 0 Å². The molecule has 1 heterocycles. The van der Waals surface area contributed by atoms with Crippen molar-refractivity contribution in [3.8, 4) is 5.69 Å². The Balaban J connectivity index is 2.59. The summed E-state index contributed by atoms with van der Waals surface area (Å²) in [5, 5.41) is 4.17. The van der Waals surface area contributed by atoms with Gasteiger partial charge in [-0.2, -0.15) is 5.10 Å². The highest BCUT2D eigenvalue weighted by Gasteiger charge is 2.08. The highest BCUT2D eigenvalue weighted by molar-refractivity contribution is 5.57. The number of nitrogens with zero attached hydrogens (tertiary/aromatic N) is 3. The van der Waals surface area contributed by atoms with Crippen LogP contribution >= 0.6 is 0 Å². The number of halogens is 1. The maximum absolute atomic E-state index is 12.8. The van der Waals surface area contributed by atoms with Crippen LogP contribution in [0.25, 0.3) is 5.69 Å². The minimum Gasteiger partial charge on any atom is -0.397 e. The molecule has 0 aliphatic rings. The van der Waals surface area contributed by atoms with Gasteiger partial charge in [0.15, 0.2) is 0 Å². The first-order valence-corrected chi connectivity index (χ1v) is 4.53. The van der Waals surface area contributed by atoms with Crippen LogP contribution < -0.4 is 5.73 Å². The molecule has 0 saturated carbocycles. The maximum Gasteiger partial charge on any atom is 0.148 e. The molecule has 0 bridgehead atoms. The SMILES string of the molecule is Cc1nc(C)n(-c2ccc(F)cc2N)n1. The van der Waals surface area contributed by atoms with Crippen molar-refractivity contribution in [2.75, 3.05) is 5.73 Å². The fourth-order valence-electron chi connectivity index (χ4n) is 1.47. The molecule has 4 nitrogen and oxygen atoms in total. The molecule has 2 N–H and O–H groups in total. The lowest BCUT2D eigenvalue weighted by Crippen LogP contribution is -2.03. The molecule has 0 fully saturated rings. The third-order valence-electron chi connectivity index (χ3n) is 2.09. The van der Waals surface area contributed by atoms with Crippen LogP contribution in [0.3, 0.4) is 0 Å². The highest BCUT2D eigenvalue weighted by Crippen LogP contribution is 2.18. The van der Waals surface area contributed by atoms with E-state index in [9.17, 15) is 4.39 Å². The smallest absolute Gasteiger partial charge is 0.148 e. The van der Waals surface area contributed by atoms with Gasteiger partial charge in [-0.05, 0) is 32.0 Å². The van der Waals surface area contributed by atoms with Gasteiger partial charge in [-0.15, -0.1) is 0 Å². The zero-order chi connectivity index (χ0) is 11.0. The van der Waals surface area contributed by atoms with E-state index in [2.05, 4.69) is 10.1 Å². The van der Waals surface area contributed by atoms with E-state index in [0.29, 0.717) is 17.2 Å². The van der Waals surface area contributed by atoms with E-state index in [-0.39, 0.29) is 5.82 Å². The third kappa shape index (κ3) is 1.68. The number of benzene rings is 1. The summed E-state index contributed by atoms with van der Waals surface area (Å²) in [6.45, 7) is 3.62. The van der Waals surface area contributed by atoms with Gasteiger partial charge in [0.25, 0.3) is 0 Å². The van der Waals surface area contributed by atoms with Crippen LogP contribution in [0.2, 0.25) is 0 Å². The molecule has 2 aromatic rings. The van der Waals surface area contributed by atoms with Crippen molar-refractivity contribution in [2.24, 2.45) is 0 Å². The second kappa shape index (κ2) is 3.34. The summed E-state index contributed by atoms with van der Waals surface area (Å²) in [5.41, 5.74) is 6.70. The molecule has 78 valence electrons. The Labute approximate surface area is 86.6 Å². The molecule has 0 aliphatic carbocycles. The molecule has 5 heteroatoms. The normalized spacial score (nSPS) is 10.6. The Morgan fingerprint density at radius 2 is 2.07 bits per heavy atom. The number of rotatable bonds is 1. The lowest BCUT2D eigenvalue weighted by atomic mass is 10.2. The maximum atomic E-state index is 12.8. The zero-order valence-electron chi connectivity index (χ0n) is 8.53. The van der Waals surface area contributed by atoms with E-state index in [4.69, 9.17) is 5.73 Å². The fraction of sp³-hybridized carbons (Fsp3) is 0.200. The number of hydrogen-bond donors (Lipinski definition) is 1. The van der Waals surface area contributed by atoms with E-state index < -0.39 is 0 Å². The molecule has 0 amide bonds. The van der Waals surface area contributed by atoms with Crippen LogP contribution in [0, 0.1) is 19.7 Å². The van der Waals surface area contributed by atoms with Crippen molar-refractivity contribution in [2.45, 2.75) is 13.8 Å². The van der Waals surface area contributed by atoms with Gasteiger partial charge in [0, 0.05) is 0 Å². The van der Waals surface area contributed by atoms with E-state index in [1.807, 2.05) is 6.92 Å². The molecule has 0 saturated heterocycles. The Bertz CT molecular complexity index is 504. The second-order valence-electron chi connectivity index (χ2n) is 3.32. The third-order valence-corrected chi connectivity index (χ3v) is 2.09. The number of nitrogen functional groups attached to an aromatic ring is 1. The van der Waals surface area contributed by atoms with Crippen molar-refractivity contribution >= 4 is 5.69 Å². The van der Waals surface area contributed by atoms with Crippen LogP contribution in [0.1, 0.15) is 11.6 Å². The predicted octanol–water partition coefficient (Wildman–Crippen LogP) is 1.61. The van der Waals surface area contributed by atoms with E-state index >= 15 is 0 Å². The van der Waals surface area contributed by atoms with Crippen molar-refractivity contribution < 1.29 is 4.39 Å². The minimum absolute atomic E-state index is 0.350. The number of hydrogen-bond acceptors (Lipinski definition) is 3. The van der Waals surface area contributed by atoms with Gasteiger partial charge in [-0.1, -0.05) is 0 Å². The summed E-state index contributed by atoms with van der Waals surface area (Å²) in [4.78, 5) is 4.15. The largest absolute Gasteiger partial charge is 0.397 e. The predicted molar refractivity (Wildman–Crippen MR) is 55.2 cm³/mol. The van der Waals surface area contributed by atoms with Gasteiger partial charge in [0.05, 0.1) is 11.4 Å². The first kappa shape index (κ1) is 9.64. The molecule has 1 aromatic carbocycles. The van der Waals surface area contributed by atoms with Gasteiger partial charge in [-0.3, -0.25) is 0 Å². The summed E-state index contributed by atoms with van der Waals surface area (Å²) in [5.74, 6) is 1.03. The van der Waals surface area contributed by atoms with Gasteiger partial charge in [0.1, 0.15) is 17.5 Å². The molecule has 0 radical (unpaired) electrons. The Morgan fingerprint density at radius 3 is 2.60 bits per heavy atom. The summed E-state index contributed by atoms with van der Waals surface area (Å²) in [6.07, 6.45) is 0. The Morgan fingerprint density at radius 1 is 1.33 bits per heavy atom. The zero-order valence-corrected chi connectivity index (χ0v) is 8.53. The molecular weight excluding hydrogens is 195 g/mol. The van der Waals surface area contributed by atoms with Crippen LogP contribution in [0.15, 0.2) is 18.2 Å². The topological polar surface area (TPSA) is 56.7 Å². The van der Waals surface area contributed by atoms with Gasteiger partial charge in [-0.25, -0.2) is 14.1 Å². The average molecular weight is 206 g/mol. The van der Waals surface area contributed by atoms with Crippen molar-refractivity contribution in [1.82, 2.24) is 14.8 Å². The minimum atomic E-state index is -0.356. The lowest BCUT2D eigenvalue weighted by Gasteiger charge is -2.06. The molecule has 0 atom stereocenters. The monoisotopic (exact) mass is 206 g/mol. The molecule has 1 aromatic heterocycles. The van der Waals surface area contributed by atoms with Crippen molar-refractivity contribution in [3.05, 3.63) is 35.7 Å². The van der Waals surface area contributed by atoms with Gasteiger partial charge in [0.2, 0.25) is 0 Å². The van der Waals surface area contributed by atoms with Gasteiger partial charge < -0.3 is 5.73 Å². The summed E-state index contributed by atoms with van der Waals surface area (Å²) >= 11 is 0. The molecular formula is C10H11FN4. The highest BCUT2D eigenvalue weighted by atomic mass is 19.1. The number of aromatic nitrogens is 3. The van der Waals surface area contributed by atoms with Crippen LogP contribution in [0.4, 0.5) is 10.1 Å². The van der Waals surface area contributed by atoms with E-state index in [1.54, 1.807) is 17.7 Å². The number of anilines is 1. The number of aryl methyl sites for hydroxylation is 2. The average Bonchev–Trinajstić information content (AvgIpc) is 2.45. The summed E-state index contributed by atoms with van der Waals surface area (Å²) in [6, 6.07) is 4.21. The molecule has 0 aliphatic heterocycles. The van der Waals surface area contributed by atoms with Gasteiger partial charge >= 0.3 is 0 Å². The first-order valence-electron chi connectivity index (χ1n) is 4.53. The second-order valence-corrected chi connectivity index (χ2v) is 3.32. The first-order chi connectivity index (χ1) is 7.08. The Hall–Kier alpha value is -1.91. The van der Waals surface area contributed by atoms with Crippen molar-refractivity contribution in [1.29, 1.82) is 0 Å². The van der Waals surface area contributed by atoms with Crippen LogP contribution in [-0.4, -0.2) is 14.8 Å². The standard InChI is InChI=1S/C10H11FN4/c1-6-13-7(2)15(14-6)10-4-3-8(11)5-9(10)12/h3-5H,12H2,1-2H3. The molecule has 2 rings (SSSR count). The lowest BCUT2D eigenvalue weighted by molar-refractivity contribution is 0.627. The summed E-state index contributed by atoms with van der Waals surface area (Å²) in [7, 11) is 0. The molecule has 0 spiro atoms. The molecule has 0 unspecified atom stereocenters. The fourth-order valence-corrected chi connectivity index (χ4v) is 1.47. The van der Waals surface area contributed by atoms with E-state index in [1.165, 1.54) is 12.1 Å². The number of nitrogens with two attached hydrogens (primary N) is 1. The summed E-state index contributed by atoms with van der Waals surface area (Å²) < 4.78 is 14.4.